The van der Waals surface area contributed by atoms with Crippen molar-refractivity contribution in [2.24, 2.45) is 5.92 Å². The minimum Gasteiger partial charge on any atom is -0.479 e. The lowest BCUT2D eigenvalue weighted by Gasteiger charge is -2.49. The van der Waals surface area contributed by atoms with Crippen molar-refractivity contribution < 1.29 is 68.1 Å². The summed E-state index contributed by atoms with van der Waals surface area (Å²) in [6.45, 7) is 3.13. The fourth-order valence-electron chi connectivity index (χ4n) is 7.55. The highest BCUT2D eigenvalue weighted by Crippen LogP contribution is 2.56. The van der Waals surface area contributed by atoms with Gasteiger partial charge in [-0.1, -0.05) is 105 Å². The second-order valence-corrected chi connectivity index (χ2v) is 14.6. The zero-order valence-corrected chi connectivity index (χ0v) is 32.2. The van der Waals surface area contributed by atoms with Crippen LogP contribution in [0.25, 0.3) is 6.08 Å². The summed E-state index contributed by atoms with van der Waals surface area (Å²) in [5, 5.41) is 44.3. The van der Waals surface area contributed by atoms with Gasteiger partial charge in [0.15, 0.2) is 6.10 Å². The van der Waals surface area contributed by atoms with Crippen molar-refractivity contribution >= 4 is 35.9 Å². The van der Waals surface area contributed by atoms with Crippen molar-refractivity contribution in [3.63, 3.8) is 0 Å². The van der Waals surface area contributed by atoms with Gasteiger partial charge < -0.3 is 44.1 Å². The number of aryl methyl sites for hydroxylation is 1. The number of aliphatic hydroxyl groups is 2. The Bertz CT molecular complexity index is 1660. The first kappa shape index (κ1) is 44.1. The number of aliphatic carboxylic acids is 2. The number of unbranched alkanes of at least 4 members (excludes halogenated alkanes) is 5. The molecule has 2 aliphatic rings. The summed E-state index contributed by atoms with van der Waals surface area (Å²) in [6.07, 6.45) is 1.96. The Morgan fingerprint density at radius 3 is 2.11 bits per heavy atom. The van der Waals surface area contributed by atoms with Crippen LogP contribution in [0.4, 0.5) is 0 Å². The van der Waals surface area contributed by atoms with Gasteiger partial charge in [-0.3, -0.25) is 9.59 Å². The first-order chi connectivity index (χ1) is 26.7. The second-order valence-electron chi connectivity index (χ2n) is 14.6. The zero-order valence-electron chi connectivity index (χ0n) is 32.2. The Labute approximate surface area is 326 Å². The van der Waals surface area contributed by atoms with Crippen molar-refractivity contribution in [1.82, 2.24) is 0 Å². The maximum Gasteiger partial charge on any atom is 0.344 e. The fraction of sp³-hybridized carbons (Fsp3) is 0.548. The summed E-state index contributed by atoms with van der Waals surface area (Å²) in [4.78, 5) is 64.2. The molecule has 8 atom stereocenters. The Morgan fingerprint density at radius 1 is 0.875 bits per heavy atom. The molecule has 0 aliphatic carbocycles. The summed E-state index contributed by atoms with van der Waals surface area (Å²) >= 11 is 0. The molecule has 2 bridgehead atoms. The number of benzene rings is 2. The van der Waals surface area contributed by atoms with Crippen molar-refractivity contribution in [1.29, 1.82) is 0 Å². The first-order valence-electron chi connectivity index (χ1n) is 19.2. The predicted octanol–water partition coefficient (Wildman–Crippen LogP) is 5.01. The smallest absolute Gasteiger partial charge is 0.344 e. The van der Waals surface area contributed by atoms with E-state index in [-0.39, 0.29) is 25.2 Å². The number of carbonyl (C=O) groups is 5. The SMILES string of the molecule is COC(=O)[C@@H]1O[C@]2(CCCC(OC(C)=O)C(C)C/C=C/c3ccccc3)O[C@](C(=O)O)([C@@H](OC(=O)CCCCCCCCc3ccccc3)[C@@H]2O)[C@]1(O)C(=O)O. The van der Waals surface area contributed by atoms with E-state index in [1.807, 2.05) is 67.6 Å². The van der Waals surface area contributed by atoms with E-state index < -0.39 is 77.7 Å². The van der Waals surface area contributed by atoms with Crippen LogP contribution in [0.2, 0.25) is 0 Å². The van der Waals surface area contributed by atoms with Gasteiger partial charge in [-0.25, -0.2) is 14.4 Å². The van der Waals surface area contributed by atoms with E-state index in [2.05, 4.69) is 12.1 Å². The molecular weight excluding hydrogens is 728 g/mol. The average molecular weight is 783 g/mol. The number of ether oxygens (including phenoxy) is 5. The molecule has 2 aromatic carbocycles. The summed E-state index contributed by atoms with van der Waals surface area (Å²) in [5.41, 5.74) is -4.89. The van der Waals surface area contributed by atoms with Gasteiger partial charge in [0.25, 0.3) is 0 Å². The number of hydrogen-bond donors (Lipinski definition) is 4. The summed E-state index contributed by atoms with van der Waals surface area (Å²) in [6, 6.07) is 19.7. The highest BCUT2D eigenvalue weighted by Gasteiger charge is 2.86. The van der Waals surface area contributed by atoms with Gasteiger partial charge in [0.2, 0.25) is 23.1 Å². The molecule has 14 nitrogen and oxygen atoms in total. The van der Waals surface area contributed by atoms with E-state index in [1.165, 1.54) is 12.5 Å². The molecule has 2 unspecified atom stereocenters. The Morgan fingerprint density at radius 2 is 1.50 bits per heavy atom. The number of carboxylic acid groups (broad SMARTS) is 2. The average Bonchev–Trinajstić information content (AvgIpc) is 3.38. The molecule has 4 N–H and O–H groups in total. The van der Waals surface area contributed by atoms with Crippen molar-refractivity contribution in [2.75, 3.05) is 7.11 Å². The number of esters is 3. The molecular formula is C42H54O14. The van der Waals surface area contributed by atoms with Gasteiger partial charge in [0, 0.05) is 19.8 Å². The quantitative estimate of drug-likeness (QED) is 0.0703. The van der Waals surface area contributed by atoms with Gasteiger partial charge in [-0.15, -0.1) is 0 Å². The van der Waals surface area contributed by atoms with Gasteiger partial charge in [-0.2, -0.15) is 0 Å². The zero-order chi connectivity index (χ0) is 40.9. The molecule has 0 aromatic heterocycles. The fourth-order valence-corrected chi connectivity index (χ4v) is 7.55. The van der Waals surface area contributed by atoms with Crippen LogP contribution in [-0.2, 0) is 54.1 Å². The van der Waals surface area contributed by atoms with Gasteiger partial charge in [0.05, 0.1) is 7.11 Å². The van der Waals surface area contributed by atoms with Crippen LogP contribution in [0.3, 0.4) is 0 Å². The molecule has 2 aromatic rings. The summed E-state index contributed by atoms with van der Waals surface area (Å²) in [7, 11) is 0.875. The van der Waals surface area contributed by atoms with E-state index in [4.69, 9.17) is 23.7 Å². The third kappa shape index (κ3) is 10.0. The molecule has 14 heteroatoms. The molecule has 306 valence electrons. The van der Waals surface area contributed by atoms with Gasteiger partial charge in [-0.05, 0) is 55.6 Å². The first-order valence-corrected chi connectivity index (χ1v) is 19.2. The molecule has 56 heavy (non-hydrogen) atoms. The largest absolute Gasteiger partial charge is 0.479 e. The van der Waals surface area contributed by atoms with Gasteiger partial charge in [0.1, 0.15) is 12.2 Å². The normalized spacial score (nSPS) is 26.6. The Kier molecular flexibility index (Phi) is 15.7. The van der Waals surface area contributed by atoms with Crippen LogP contribution in [0.15, 0.2) is 66.7 Å². The third-order valence-electron chi connectivity index (χ3n) is 10.6. The topological polar surface area (TPSA) is 212 Å². The highest BCUT2D eigenvalue weighted by molar-refractivity contribution is 5.98. The van der Waals surface area contributed by atoms with Gasteiger partial charge >= 0.3 is 29.8 Å². The maximum atomic E-state index is 13.2. The highest BCUT2D eigenvalue weighted by atomic mass is 16.8. The lowest BCUT2D eigenvalue weighted by atomic mass is 9.74. The number of aliphatic hydroxyl groups excluding tert-OH is 1. The molecule has 2 fully saturated rings. The maximum absolute atomic E-state index is 13.2. The number of methoxy groups -OCH3 is 1. The Hall–Kier alpha value is -4.63. The number of rotatable bonds is 22. The standard InChI is InChI=1S/C42H54O14/c1-28(18-16-24-31-22-13-9-14-23-31)32(53-29(2)43)25-17-27-40-34(45)35(42(56-40,39(49)50)41(51,38(47)48)36(55-40)37(46)52-3)54-33(44)26-15-7-5-4-6-10-19-30-20-11-8-12-21-30/h8-9,11-14,16,20-24,28,32,34-36,45,51H,4-7,10,15,17-19,25-27H2,1-3H3,(H,47,48)(H,49,50)/b24-16+/t28?,32?,34-,35-,36-,40+,41+,42-/m0/s1. The van der Waals surface area contributed by atoms with Crippen LogP contribution < -0.4 is 0 Å². The van der Waals surface area contributed by atoms with E-state index in [1.54, 1.807) is 0 Å². The van der Waals surface area contributed by atoms with Crippen molar-refractivity contribution in [3.05, 3.63) is 77.9 Å². The molecule has 2 saturated heterocycles. The number of hydrogen-bond acceptors (Lipinski definition) is 12. The molecule has 0 saturated carbocycles. The van der Waals surface area contributed by atoms with Crippen molar-refractivity contribution in [2.45, 2.75) is 132 Å². The van der Waals surface area contributed by atoms with E-state index in [0.717, 1.165) is 44.8 Å². The van der Waals surface area contributed by atoms with Crippen molar-refractivity contribution in [3.8, 4) is 0 Å². The lowest BCUT2D eigenvalue weighted by Crippen LogP contribution is -2.78. The number of carbonyl (C=O) groups excluding carboxylic acids is 3. The summed E-state index contributed by atoms with van der Waals surface area (Å²) in [5.74, 6) is -10.0. The molecule has 0 spiro atoms. The number of allylic oxidation sites excluding steroid dienone is 1. The molecule has 2 heterocycles. The monoisotopic (exact) mass is 782 g/mol. The van der Waals surface area contributed by atoms with Crippen LogP contribution in [-0.4, -0.2) is 98.8 Å². The molecule has 2 aliphatic heterocycles. The molecule has 0 amide bonds. The predicted molar refractivity (Wildman–Crippen MR) is 201 cm³/mol. The minimum absolute atomic E-state index is 0.0167. The second kappa shape index (κ2) is 20.0. The number of carboxylic acids is 2. The Balaban J connectivity index is 1.48. The van der Waals surface area contributed by atoms with Crippen LogP contribution in [0.1, 0.15) is 95.6 Å². The van der Waals surface area contributed by atoms with Crippen LogP contribution in [0, 0.1) is 5.92 Å². The van der Waals surface area contributed by atoms with Crippen LogP contribution in [0.5, 0.6) is 0 Å². The minimum atomic E-state index is -3.72. The summed E-state index contributed by atoms with van der Waals surface area (Å²) < 4.78 is 27.4. The van der Waals surface area contributed by atoms with E-state index >= 15 is 0 Å². The number of fused-ring (bicyclic) bond motifs is 2. The lowest BCUT2D eigenvalue weighted by molar-refractivity contribution is -0.374. The third-order valence-corrected chi connectivity index (χ3v) is 10.6. The molecule has 4 rings (SSSR count). The van der Waals surface area contributed by atoms with E-state index in [9.17, 15) is 44.4 Å². The van der Waals surface area contributed by atoms with E-state index in [0.29, 0.717) is 19.3 Å². The van der Waals surface area contributed by atoms with Crippen LogP contribution >= 0.6 is 0 Å². The molecule has 0 radical (unpaired) electrons.